The summed E-state index contributed by atoms with van der Waals surface area (Å²) < 4.78 is 0. The number of benzene rings is 2. The molecule has 1 atom stereocenters. The molecule has 0 aliphatic heterocycles. The van der Waals surface area contributed by atoms with Gasteiger partial charge in [-0.25, -0.2) is 0 Å². The summed E-state index contributed by atoms with van der Waals surface area (Å²) in [6.45, 7) is 8.86. The Bertz CT molecular complexity index is 828. The molecular weight excluding hydrogens is 392 g/mol. The molecule has 3 heteroatoms. The van der Waals surface area contributed by atoms with Gasteiger partial charge in [0.15, 0.2) is 0 Å². The zero-order chi connectivity index (χ0) is 23.6. The minimum atomic E-state index is -1.03. The number of aliphatic hydroxyl groups is 1. The number of aryl methyl sites for hydroxylation is 1. The van der Waals surface area contributed by atoms with Crippen molar-refractivity contribution in [2.45, 2.75) is 110 Å². The fourth-order valence-corrected chi connectivity index (χ4v) is 4.71. The van der Waals surface area contributed by atoms with Crippen molar-refractivity contribution in [2.75, 3.05) is 11.5 Å². The Morgan fingerprint density at radius 3 is 1.81 bits per heavy atom. The fourth-order valence-electron chi connectivity index (χ4n) is 4.71. The molecule has 5 N–H and O–H groups in total. The van der Waals surface area contributed by atoms with Crippen LogP contribution in [-0.4, -0.2) is 5.11 Å². The molecule has 32 heavy (non-hydrogen) atoms. The molecule has 0 heterocycles. The Labute approximate surface area is 196 Å². The van der Waals surface area contributed by atoms with Gasteiger partial charge in [-0.2, -0.15) is 0 Å². The number of anilines is 2. The molecule has 0 amide bonds. The van der Waals surface area contributed by atoms with Crippen molar-refractivity contribution in [2.24, 2.45) is 0 Å². The first kappa shape index (κ1) is 26.3. The molecule has 0 spiro atoms. The predicted octanol–water partition coefficient (Wildman–Crippen LogP) is 7.30. The highest BCUT2D eigenvalue weighted by Gasteiger charge is 2.35. The third kappa shape index (κ3) is 6.28. The first-order chi connectivity index (χ1) is 15.4. The van der Waals surface area contributed by atoms with Crippen molar-refractivity contribution >= 4 is 11.4 Å². The summed E-state index contributed by atoms with van der Waals surface area (Å²) in [5, 5.41) is 12.4. The van der Waals surface area contributed by atoms with Crippen molar-refractivity contribution in [1.29, 1.82) is 0 Å². The fraction of sp³-hybridized carbons (Fsp3) is 0.586. The number of rotatable bonds is 14. The van der Waals surface area contributed by atoms with Crippen LogP contribution in [0.15, 0.2) is 30.3 Å². The minimum Gasteiger partial charge on any atom is -0.399 e. The SMILES string of the molecule is CCCCc1cc(C(O)(CCCC)c2ccc(N)cc2)c(CCCC)c(CCCC)c1N. The van der Waals surface area contributed by atoms with E-state index in [-0.39, 0.29) is 0 Å². The van der Waals surface area contributed by atoms with Crippen LogP contribution in [0.5, 0.6) is 0 Å². The molecule has 1 unspecified atom stereocenters. The molecule has 2 aromatic rings. The van der Waals surface area contributed by atoms with Crippen LogP contribution < -0.4 is 11.5 Å². The summed E-state index contributed by atoms with van der Waals surface area (Å²) in [7, 11) is 0. The number of nitrogens with two attached hydrogens (primary N) is 2. The van der Waals surface area contributed by atoms with Crippen LogP contribution in [0.4, 0.5) is 11.4 Å². The van der Waals surface area contributed by atoms with Gasteiger partial charge < -0.3 is 16.6 Å². The zero-order valence-corrected chi connectivity index (χ0v) is 21.0. The molecule has 0 bridgehead atoms. The molecule has 0 fully saturated rings. The van der Waals surface area contributed by atoms with Gasteiger partial charge in [0.05, 0.1) is 0 Å². The molecule has 0 saturated heterocycles. The van der Waals surface area contributed by atoms with Crippen LogP contribution in [-0.2, 0) is 24.9 Å². The van der Waals surface area contributed by atoms with Gasteiger partial charge >= 0.3 is 0 Å². The largest absolute Gasteiger partial charge is 0.399 e. The van der Waals surface area contributed by atoms with E-state index in [1.165, 1.54) is 16.7 Å². The van der Waals surface area contributed by atoms with Gasteiger partial charge in [-0.1, -0.05) is 78.0 Å². The highest BCUT2D eigenvalue weighted by atomic mass is 16.3. The van der Waals surface area contributed by atoms with E-state index in [9.17, 15) is 5.11 Å². The van der Waals surface area contributed by atoms with E-state index in [2.05, 4.69) is 33.8 Å². The Hall–Kier alpha value is -2.00. The second-order valence-corrected chi connectivity index (χ2v) is 9.35. The van der Waals surface area contributed by atoms with Gasteiger partial charge in [0, 0.05) is 11.4 Å². The molecule has 2 aromatic carbocycles. The summed E-state index contributed by atoms with van der Waals surface area (Å²) in [4.78, 5) is 0. The highest BCUT2D eigenvalue weighted by molar-refractivity contribution is 5.62. The number of hydrogen-bond donors (Lipinski definition) is 3. The maximum absolute atomic E-state index is 12.4. The van der Waals surface area contributed by atoms with Crippen LogP contribution in [0.25, 0.3) is 0 Å². The monoisotopic (exact) mass is 438 g/mol. The van der Waals surface area contributed by atoms with E-state index >= 15 is 0 Å². The van der Waals surface area contributed by atoms with Crippen molar-refractivity contribution in [3.8, 4) is 0 Å². The summed E-state index contributed by atoms with van der Waals surface area (Å²) in [6, 6.07) is 10.1. The zero-order valence-electron chi connectivity index (χ0n) is 21.0. The van der Waals surface area contributed by atoms with Gasteiger partial charge in [0.25, 0.3) is 0 Å². The Morgan fingerprint density at radius 2 is 1.25 bits per heavy atom. The maximum atomic E-state index is 12.4. The normalized spacial score (nSPS) is 13.3. The van der Waals surface area contributed by atoms with Gasteiger partial charge in [0.2, 0.25) is 0 Å². The highest BCUT2D eigenvalue weighted by Crippen LogP contribution is 2.41. The number of hydrogen-bond acceptors (Lipinski definition) is 3. The van der Waals surface area contributed by atoms with Crippen molar-refractivity contribution in [1.82, 2.24) is 0 Å². The Kier molecular flexibility index (Phi) is 10.6. The van der Waals surface area contributed by atoms with E-state index in [4.69, 9.17) is 11.5 Å². The van der Waals surface area contributed by atoms with Gasteiger partial charge in [0.1, 0.15) is 5.60 Å². The average molecular weight is 439 g/mol. The van der Waals surface area contributed by atoms with E-state index in [1.807, 2.05) is 24.3 Å². The van der Waals surface area contributed by atoms with Crippen molar-refractivity contribution < 1.29 is 5.11 Å². The molecule has 0 radical (unpaired) electrons. The van der Waals surface area contributed by atoms with Crippen molar-refractivity contribution in [3.63, 3.8) is 0 Å². The van der Waals surface area contributed by atoms with Gasteiger partial charge in [-0.05, 0) is 84.9 Å². The smallest absolute Gasteiger partial charge is 0.115 e. The van der Waals surface area contributed by atoms with E-state index < -0.39 is 5.60 Å². The third-order valence-corrected chi connectivity index (χ3v) is 6.77. The lowest BCUT2D eigenvalue weighted by molar-refractivity contribution is 0.0673. The molecule has 0 aliphatic carbocycles. The number of nitrogen functional groups attached to an aromatic ring is 2. The Morgan fingerprint density at radius 1 is 0.719 bits per heavy atom. The molecule has 178 valence electrons. The molecule has 0 saturated carbocycles. The van der Waals surface area contributed by atoms with Crippen LogP contribution in [0.3, 0.4) is 0 Å². The Balaban J connectivity index is 2.78. The lowest BCUT2D eigenvalue weighted by atomic mass is 9.75. The van der Waals surface area contributed by atoms with Crippen LogP contribution in [0, 0.1) is 0 Å². The van der Waals surface area contributed by atoms with Crippen LogP contribution >= 0.6 is 0 Å². The molecule has 0 aromatic heterocycles. The molecular formula is C29H46N2O. The van der Waals surface area contributed by atoms with Gasteiger partial charge in [-0.3, -0.25) is 0 Å². The van der Waals surface area contributed by atoms with Crippen LogP contribution in [0.1, 0.15) is 113 Å². The van der Waals surface area contributed by atoms with E-state index in [0.29, 0.717) is 6.42 Å². The standard InChI is InChI=1S/C29H46N2O/c1-5-9-13-22-21-27(25(14-10-6-2)26(28(22)31)15-11-7-3)29(32,20-12-8-4)23-16-18-24(30)19-17-23/h16-19,21,32H,5-15,20,30-31H2,1-4H3. The first-order valence-corrected chi connectivity index (χ1v) is 12.9. The molecule has 3 nitrogen and oxygen atoms in total. The maximum Gasteiger partial charge on any atom is 0.115 e. The van der Waals surface area contributed by atoms with Crippen LogP contribution in [0.2, 0.25) is 0 Å². The molecule has 0 aliphatic rings. The summed E-state index contributed by atoms with van der Waals surface area (Å²) in [5.74, 6) is 0. The summed E-state index contributed by atoms with van der Waals surface area (Å²) in [6.07, 6.45) is 12.4. The second kappa shape index (κ2) is 12.9. The predicted molar refractivity (Wildman–Crippen MR) is 140 cm³/mol. The van der Waals surface area contributed by atoms with E-state index in [1.54, 1.807) is 0 Å². The average Bonchev–Trinajstić information content (AvgIpc) is 2.80. The third-order valence-electron chi connectivity index (χ3n) is 6.77. The minimum absolute atomic E-state index is 0.705. The quantitative estimate of drug-likeness (QED) is 0.271. The summed E-state index contributed by atoms with van der Waals surface area (Å²) in [5.41, 5.74) is 19.3. The number of unbranched alkanes of at least 4 members (excludes halogenated alkanes) is 4. The topological polar surface area (TPSA) is 72.3 Å². The lowest BCUT2D eigenvalue weighted by Crippen LogP contribution is -2.30. The molecule has 2 rings (SSSR count). The first-order valence-electron chi connectivity index (χ1n) is 12.9. The van der Waals surface area contributed by atoms with Crippen molar-refractivity contribution in [3.05, 3.63) is 58.1 Å². The summed E-state index contributed by atoms with van der Waals surface area (Å²) >= 11 is 0. The second-order valence-electron chi connectivity index (χ2n) is 9.35. The lowest BCUT2D eigenvalue weighted by Gasteiger charge is -2.34. The van der Waals surface area contributed by atoms with Gasteiger partial charge in [-0.15, -0.1) is 0 Å². The van der Waals surface area contributed by atoms with E-state index in [0.717, 1.165) is 93.1 Å².